The van der Waals surface area contributed by atoms with Gasteiger partial charge in [0.05, 0.1) is 0 Å². The van der Waals surface area contributed by atoms with Gasteiger partial charge < -0.3 is 0 Å². The van der Waals surface area contributed by atoms with Gasteiger partial charge in [0, 0.05) is 0 Å². The number of rotatable bonds is 1. The van der Waals surface area contributed by atoms with Gasteiger partial charge in [0.2, 0.25) is 0 Å². The van der Waals surface area contributed by atoms with Crippen molar-refractivity contribution in [3.05, 3.63) is 107 Å². The Labute approximate surface area is 131 Å². The molecule has 22 heavy (non-hydrogen) atoms. The number of fused-ring (bicyclic) bond motifs is 5. The minimum absolute atomic E-state index is 0.642. The Morgan fingerprint density at radius 3 is 1.59 bits per heavy atom. The van der Waals surface area contributed by atoms with E-state index in [1.165, 1.54) is 16.7 Å². The first-order chi connectivity index (χ1) is 10.9. The van der Waals surface area contributed by atoms with E-state index < -0.39 is 0 Å². The highest BCUT2D eigenvalue weighted by Crippen LogP contribution is 2.68. The van der Waals surface area contributed by atoms with Crippen molar-refractivity contribution in [2.24, 2.45) is 0 Å². The maximum Gasteiger partial charge on any atom is -0.000910 e. The van der Waals surface area contributed by atoms with E-state index >= 15 is 0 Å². The first-order valence-corrected chi connectivity index (χ1v) is 8.14. The molecule has 1 saturated carbocycles. The van der Waals surface area contributed by atoms with Crippen LogP contribution in [-0.4, -0.2) is 0 Å². The van der Waals surface area contributed by atoms with Crippen molar-refractivity contribution < 1.29 is 0 Å². The second-order valence-electron chi connectivity index (χ2n) is 6.56. The Kier molecular flexibility index (Phi) is 2.54. The fraction of sp³-hybridized carbons (Fsp3) is 0.182. The van der Waals surface area contributed by atoms with Crippen molar-refractivity contribution in [1.29, 1.82) is 0 Å². The third kappa shape index (κ3) is 1.70. The van der Waals surface area contributed by atoms with Gasteiger partial charge in [0.15, 0.2) is 0 Å². The van der Waals surface area contributed by atoms with Crippen LogP contribution in [0.25, 0.3) is 0 Å². The smallest absolute Gasteiger partial charge is 0.000910 e. The summed E-state index contributed by atoms with van der Waals surface area (Å²) in [5, 5.41) is 0. The molecule has 2 aliphatic rings. The molecule has 0 spiro atoms. The summed E-state index contributed by atoms with van der Waals surface area (Å²) < 4.78 is 0. The molecule has 0 radical (unpaired) electrons. The first kappa shape index (κ1) is 12.2. The lowest BCUT2D eigenvalue weighted by atomic mass is 9.94. The molecule has 1 fully saturated rings. The van der Waals surface area contributed by atoms with Crippen LogP contribution in [0.15, 0.2) is 78.9 Å². The van der Waals surface area contributed by atoms with Crippen molar-refractivity contribution >= 4 is 0 Å². The maximum absolute atomic E-state index is 2.35. The van der Waals surface area contributed by atoms with Crippen LogP contribution in [0.1, 0.15) is 45.6 Å². The van der Waals surface area contributed by atoms with Gasteiger partial charge >= 0.3 is 0 Å². The number of hydrogen-bond donors (Lipinski definition) is 0. The van der Waals surface area contributed by atoms with Gasteiger partial charge in [-0.1, -0.05) is 78.9 Å². The average molecular weight is 282 g/mol. The van der Waals surface area contributed by atoms with Crippen molar-refractivity contribution in [2.75, 3.05) is 0 Å². The monoisotopic (exact) mass is 282 g/mol. The SMILES string of the molecule is c1ccc(C2C3c4ccccc4Cc4ccccc4C23)cc1. The average Bonchev–Trinajstić information content (AvgIpc) is 3.32. The van der Waals surface area contributed by atoms with Crippen LogP contribution in [0.3, 0.4) is 0 Å². The van der Waals surface area contributed by atoms with Gasteiger partial charge in [-0.05, 0) is 52.0 Å². The lowest BCUT2D eigenvalue weighted by Gasteiger charge is -2.11. The van der Waals surface area contributed by atoms with Crippen molar-refractivity contribution in [3.8, 4) is 0 Å². The molecule has 0 aliphatic heterocycles. The quantitative estimate of drug-likeness (QED) is 0.571. The summed E-state index contributed by atoms with van der Waals surface area (Å²) in [7, 11) is 0. The van der Waals surface area contributed by atoms with E-state index in [0.29, 0.717) is 17.8 Å². The normalized spacial score (nSPS) is 24.6. The second kappa shape index (κ2) is 4.58. The summed E-state index contributed by atoms with van der Waals surface area (Å²) in [5.41, 5.74) is 7.65. The molecule has 0 aromatic heterocycles. The fourth-order valence-electron chi connectivity index (χ4n) is 4.42. The summed E-state index contributed by atoms with van der Waals surface area (Å²) >= 11 is 0. The van der Waals surface area contributed by atoms with E-state index in [2.05, 4.69) is 78.9 Å². The highest BCUT2D eigenvalue weighted by Gasteiger charge is 2.54. The Hall–Kier alpha value is -2.34. The summed E-state index contributed by atoms with van der Waals surface area (Å²) in [5.74, 6) is 1.95. The van der Waals surface area contributed by atoms with Crippen molar-refractivity contribution in [2.45, 2.75) is 24.2 Å². The molecule has 0 nitrogen and oxygen atoms in total. The van der Waals surface area contributed by atoms with Gasteiger partial charge in [0.25, 0.3) is 0 Å². The van der Waals surface area contributed by atoms with Crippen LogP contribution in [0.5, 0.6) is 0 Å². The summed E-state index contributed by atoms with van der Waals surface area (Å²) in [6.07, 6.45) is 1.08. The van der Waals surface area contributed by atoms with Gasteiger partial charge in [0.1, 0.15) is 0 Å². The third-order valence-corrected chi connectivity index (χ3v) is 5.41. The molecule has 0 saturated heterocycles. The molecule has 0 bridgehead atoms. The van der Waals surface area contributed by atoms with Crippen LogP contribution < -0.4 is 0 Å². The topological polar surface area (TPSA) is 0 Å². The summed E-state index contributed by atoms with van der Waals surface area (Å²) in [6, 6.07) is 29.1. The molecule has 3 aromatic rings. The van der Waals surface area contributed by atoms with E-state index in [4.69, 9.17) is 0 Å². The van der Waals surface area contributed by atoms with Crippen LogP contribution in [-0.2, 0) is 6.42 Å². The Balaban J connectivity index is 1.70. The molecule has 3 aromatic carbocycles. The largest absolute Gasteiger partial charge is 0.0622 e. The van der Waals surface area contributed by atoms with Crippen LogP contribution in [0, 0.1) is 0 Å². The Bertz CT molecular complexity index is 780. The third-order valence-electron chi connectivity index (χ3n) is 5.41. The molecule has 2 atom stereocenters. The second-order valence-corrected chi connectivity index (χ2v) is 6.56. The Morgan fingerprint density at radius 1 is 0.500 bits per heavy atom. The molecule has 5 rings (SSSR count). The fourth-order valence-corrected chi connectivity index (χ4v) is 4.42. The van der Waals surface area contributed by atoms with Crippen molar-refractivity contribution in [1.82, 2.24) is 0 Å². The zero-order chi connectivity index (χ0) is 14.5. The minimum atomic E-state index is 0.642. The van der Waals surface area contributed by atoms with E-state index in [9.17, 15) is 0 Å². The van der Waals surface area contributed by atoms with Crippen molar-refractivity contribution in [3.63, 3.8) is 0 Å². The molecule has 2 aliphatic carbocycles. The first-order valence-electron chi connectivity index (χ1n) is 8.14. The highest BCUT2D eigenvalue weighted by molar-refractivity contribution is 5.55. The van der Waals surface area contributed by atoms with Gasteiger partial charge in [-0.2, -0.15) is 0 Å². The molecule has 2 unspecified atom stereocenters. The van der Waals surface area contributed by atoms with Gasteiger partial charge in [-0.15, -0.1) is 0 Å². The molecule has 0 amide bonds. The van der Waals surface area contributed by atoms with E-state index in [-0.39, 0.29) is 0 Å². The zero-order valence-electron chi connectivity index (χ0n) is 12.4. The molecular formula is C22H18. The van der Waals surface area contributed by atoms with Crippen LogP contribution in [0.2, 0.25) is 0 Å². The molecular weight excluding hydrogens is 264 g/mol. The van der Waals surface area contributed by atoms with Crippen LogP contribution in [0.4, 0.5) is 0 Å². The standard InChI is InChI=1S/C22H18/c1-2-8-15(9-3-1)20-21-18-12-6-4-10-16(18)14-17-11-5-7-13-19(17)22(20)21/h1-13,20-22H,14H2. The van der Waals surface area contributed by atoms with E-state index in [0.717, 1.165) is 6.42 Å². The predicted octanol–water partition coefficient (Wildman–Crippen LogP) is 5.26. The van der Waals surface area contributed by atoms with Crippen LogP contribution >= 0.6 is 0 Å². The van der Waals surface area contributed by atoms with Gasteiger partial charge in [-0.3, -0.25) is 0 Å². The predicted molar refractivity (Wildman–Crippen MR) is 90.4 cm³/mol. The van der Waals surface area contributed by atoms with E-state index in [1.54, 1.807) is 11.1 Å². The lowest BCUT2D eigenvalue weighted by Crippen LogP contribution is -1.96. The van der Waals surface area contributed by atoms with Gasteiger partial charge in [-0.25, -0.2) is 0 Å². The summed E-state index contributed by atoms with van der Waals surface area (Å²) in [6.45, 7) is 0. The Morgan fingerprint density at radius 2 is 1.00 bits per heavy atom. The summed E-state index contributed by atoms with van der Waals surface area (Å²) in [4.78, 5) is 0. The molecule has 106 valence electrons. The molecule has 0 N–H and O–H groups in total. The number of hydrogen-bond acceptors (Lipinski definition) is 0. The lowest BCUT2D eigenvalue weighted by molar-refractivity contribution is 0.984. The minimum Gasteiger partial charge on any atom is -0.0622 e. The maximum atomic E-state index is 2.35. The van der Waals surface area contributed by atoms with E-state index in [1.807, 2.05) is 0 Å². The number of benzene rings is 3. The zero-order valence-corrected chi connectivity index (χ0v) is 12.4. The molecule has 0 heteroatoms. The highest BCUT2D eigenvalue weighted by atomic mass is 14.6. The molecule has 0 heterocycles.